The second-order valence-electron chi connectivity index (χ2n) is 3.82. The summed E-state index contributed by atoms with van der Waals surface area (Å²) >= 11 is 0. The summed E-state index contributed by atoms with van der Waals surface area (Å²) in [6.45, 7) is 1.70. The summed E-state index contributed by atoms with van der Waals surface area (Å²) < 4.78 is 18.6. The molecular weight excluding hydrogens is 219 g/mol. The first-order chi connectivity index (χ1) is 8.19. The van der Waals surface area contributed by atoms with Gasteiger partial charge in [0, 0.05) is 0 Å². The maximum atomic E-state index is 13.1. The van der Waals surface area contributed by atoms with E-state index in [4.69, 9.17) is 9.84 Å². The van der Waals surface area contributed by atoms with Crippen LogP contribution in [0.15, 0.2) is 42.5 Å². The standard InChI is InChI=1S/C14H13FO2/c1-10-8-13(6-7-14(10)15)17-12-4-2-11(9-16)3-5-12/h2-8,16H,9H2,1H3. The van der Waals surface area contributed by atoms with Crippen molar-refractivity contribution in [2.75, 3.05) is 0 Å². The number of halogens is 1. The van der Waals surface area contributed by atoms with Crippen LogP contribution in [0, 0.1) is 12.7 Å². The van der Waals surface area contributed by atoms with Crippen molar-refractivity contribution >= 4 is 0 Å². The maximum Gasteiger partial charge on any atom is 0.127 e. The fourth-order valence-corrected chi connectivity index (χ4v) is 1.48. The van der Waals surface area contributed by atoms with Crippen LogP contribution in [0.5, 0.6) is 11.5 Å². The molecule has 0 amide bonds. The van der Waals surface area contributed by atoms with Crippen molar-refractivity contribution in [2.45, 2.75) is 13.5 Å². The quantitative estimate of drug-likeness (QED) is 0.878. The lowest BCUT2D eigenvalue weighted by Crippen LogP contribution is -1.88. The van der Waals surface area contributed by atoms with Crippen LogP contribution in [0.3, 0.4) is 0 Å². The Morgan fingerprint density at radius 1 is 1.06 bits per heavy atom. The number of aliphatic hydroxyl groups excluding tert-OH is 1. The summed E-state index contributed by atoms with van der Waals surface area (Å²) in [5.41, 5.74) is 1.38. The molecule has 17 heavy (non-hydrogen) atoms. The molecule has 0 aliphatic heterocycles. The summed E-state index contributed by atoms with van der Waals surface area (Å²) in [5, 5.41) is 8.90. The van der Waals surface area contributed by atoms with E-state index in [-0.39, 0.29) is 12.4 Å². The van der Waals surface area contributed by atoms with Crippen LogP contribution in [0.1, 0.15) is 11.1 Å². The Labute approximate surface area is 99.3 Å². The topological polar surface area (TPSA) is 29.5 Å². The molecule has 0 atom stereocenters. The van der Waals surface area contributed by atoms with Gasteiger partial charge in [0.25, 0.3) is 0 Å². The average molecular weight is 232 g/mol. The number of aliphatic hydroxyl groups is 1. The molecular formula is C14H13FO2. The van der Waals surface area contributed by atoms with Crippen molar-refractivity contribution in [1.82, 2.24) is 0 Å². The highest BCUT2D eigenvalue weighted by atomic mass is 19.1. The van der Waals surface area contributed by atoms with Gasteiger partial charge in [0.05, 0.1) is 6.61 Å². The number of rotatable bonds is 3. The van der Waals surface area contributed by atoms with Crippen LogP contribution in [0.4, 0.5) is 4.39 Å². The van der Waals surface area contributed by atoms with Gasteiger partial charge in [-0.1, -0.05) is 12.1 Å². The van der Waals surface area contributed by atoms with Crippen LogP contribution < -0.4 is 4.74 Å². The van der Waals surface area contributed by atoms with Crippen molar-refractivity contribution in [2.24, 2.45) is 0 Å². The predicted octanol–water partition coefficient (Wildman–Crippen LogP) is 3.42. The SMILES string of the molecule is Cc1cc(Oc2ccc(CO)cc2)ccc1F. The van der Waals surface area contributed by atoms with Crippen LogP contribution >= 0.6 is 0 Å². The number of benzene rings is 2. The van der Waals surface area contributed by atoms with Gasteiger partial charge in [-0.3, -0.25) is 0 Å². The molecule has 1 N–H and O–H groups in total. The molecule has 0 saturated carbocycles. The molecule has 2 aromatic carbocycles. The van der Waals surface area contributed by atoms with Gasteiger partial charge >= 0.3 is 0 Å². The van der Waals surface area contributed by atoms with Gasteiger partial charge in [-0.2, -0.15) is 0 Å². The zero-order chi connectivity index (χ0) is 12.3. The number of hydrogen-bond acceptors (Lipinski definition) is 2. The van der Waals surface area contributed by atoms with E-state index in [1.165, 1.54) is 6.07 Å². The minimum atomic E-state index is -0.243. The molecule has 0 spiro atoms. The van der Waals surface area contributed by atoms with Crippen molar-refractivity contribution in [3.63, 3.8) is 0 Å². The summed E-state index contributed by atoms with van der Waals surface area (Å²) in [4.78, 5) is 0. The summed E-state index contributed by atoms with van der Waals surface area (Å²) in [6.07, 6.45) is 0. The van der Waals surface area contributed by atoms with Crippen LogP contribution in [0.25, 0.3) is 0 Å². The van der Waals surface area contributed by atoms with E-state index in [1.54, 1.807) is 43.3 Å². The Morgan fingerprint density at radius 3 is 2.29 bits per heavy atom. The summed E-state index contributed by atoms with van der Waals surface area (Å²) in [7, 11) is 0. The fraction of sp³-hybridized carbons (Fsp3) is 0.143. The zero-order valence-electron chi connectivity index (χ0n) is 9.48. The fourth-order valence-electron chi connectivity index (χ4n) is 1.48. The van der Waals surface area contributed by atoms with Gasteiger partial charge in [-0.05, 0) is 48.4 Å². The molecule has 0 unspecified atom stereocenters. The third-order valence-electron chi connectivity index (χ3n) is 2.47. The highest BCUT2D eigenvalue weighted by Crippen LogP contribution is 2.23. The monoisotopic (exact) mass is 232 g/mol. The zero-order valence-corrected chi connectivity index (χ0v) is 9.48. The third kappa shape index (κ3) is 2.82. The van der Waals surface area contributed by atoms with Crippen molar-refractivity contribution in [1.29, 1.82) is 0 Å². The molecule has 3 heteroatoms. The first-order valence-electron chi connectivity index (χ1n) is 5.33. The Kier molecular flexibility index (Phi) is 3.40. The molecule has 0 aliphatic rings. The molecule has 0 saturated heterocycles. The van der Waals surface area contributed by atoms with E-state index in [2.05, 4.69) is 0 Å². The van der Waals surface area contributed by atoms with Gasteiger partial charge in [0.15, 0.2) is 0 Å². The van der Waals surface area contributed by atoms with Gasteiger partial charge in [-0.15, -0.1) is 0 Å². The predicted molar refractivity (Wildman–Crippen MR) is 63.6 cm³/mol. The van der Waals surface area contributed by atoms with E-state index >= 15 is 0 Å². The van der Waals surface area contributed by atoms with Crippen molar-refractivity contribution in [3.05, 3.63) is 59.4 Å². The molecule has 2 rings (SSSR count). The minimum Gasteiger partial charge on any atom is -0.457 e. The van der Waals surface area contributed by atoms with Crippen molar-refractivity contribution in [3.8, 4) is 11.5 Å². The second-order valence-corrected chi connectivity index (χ2v) is 3.82. The molecule has 88 valence electrons. The molecule has 0 aliphatic carbocycles. The molecule has 0 radical (unpaired) electrons. The minimum absolute atomic E-state index is 0.00986. The van der Waals surface area contributed by atoms with E-state index in [0.29, 0.717) is 17.1 Å². The van der Waals surface area contributed by atoms with E-state index < -0.39 is 0 Å². The largest absolute Gasteiger partial charge is 0.457 e. The Hall–Kier alpha value is -1.87. The number of ether oxygens (including phenoxy) is 1. The lowest BCUT2D eigenvalue weighted by atomic mass is 10.2. The van der Waals surface area contributed by atoms with Gasteiger partial charge in [-0.25, -0.2) is 4.39 Å². The molecule has 0 bridgehead atoms. The molecule has 0 aromatic heterocycles. The van der Waals surface area contributed by atoms with Crippen LogP contribution in [-0.4, -0.2) is 5.11 Å². The van der Waals surface area contributed by atoms with E-state index in [1.807, 2.05) is 0 Å². The van der Waals surface area contributed by atoms with E-state index in [0.717, 1.165) is 5.56 Å². The van der Waals surface area contributed by atoms with E-state index in [9.17, 15) is 4.39 Å². The highest BCUT2D eigenvalue weighted by Gasteiger charge is 2.01. The van der Waals surface area contributed by atoms with Gasteiger partial charge < -0.3 is 9.84 Å². The molecule has 0 fully saturated rings. The summed E-state index contributed by atoms with van der Waals surface area (Å²) in [6, 6.07) is 11.7. The average Bonchev–Trinajstić information content (AvgIpc) is 2.35. The van der Waals surface area contributed by atoms with Gasteiger partial charge in [0.2, 0.25) is 0 Å². The lowest BCUT2D eigenvalue weighted by Gasteiger charge is -2.07. The van der Waals surface area contributed by atoms with Crippen LogP contribution in [-0.2, 0) is 6.61 Å². The smallest absolute Gasteiger partial charge is 0.127 e. The Balaban J connectivity index is 2.16. The molecule has 2 nitrogen and oxygen atoms in total. The number of aryl methyl sites for hydroxylation is 1. The number of hydrogen-bond donors (Lipinski definition) is 1. The van der Waals surface area contributed by atoms with Gasteiger partial charge in [0.1, 0.15) is 17.3 Å². The first-order valence-corrected chi connectivity index (χ1v) is 5.33. The summed E-state index contributed by atoms with van der Waals surface area (Å²) in [5.74, 6) is 1.02. The molecule has 2 aromatic rings. The normalized spacial score (nSPS) is 10.3. The van der Waals surface area contributed by atoms with Crippen LogP contribution in [0.2, 0.25) is 0 Å². The first kappa shape index (κ1) is 11.6. The highest BCUT2D eigenvalue weighted by molar-refractivity contribution is 5.35. The lowest BCUT2D eigenvalue weighted by molar-refractivity contribution is 0.281. The second kappa shape index (κ2) is 4.97. The molecule has 0 heterocycles. The van der Waals surface area contributed by atoms with Crippen molar-refractivity contribution < 1.29 is 14.2 Å². The third-order valence-corrected chi connectivity index (χ3v) is 2.47. The maximum absolute atomic E-state index is 13.1. The Morgan fingerprint density at radius 2 is 1.71 bits per heavy atom. The Bertz CT molecular complexity index is 506.